The smallest absolute Gasteiger partial charge is 0.263 e. The van der Waals surface area contributed by atoms with Crippen LogP contribution in [0, 0.1) is 13.8 Å². The molecule has 10 heteroatoms. The zero-order valence-electron chi connectivity index (χ0n) is 17.7. The Hall–Kier alpha value is -2.17. The van der Waals surface area contributed by atoms with Gasteiger partial charge in [-0.25, -0.2) is 4.98 Å². The molecule has 1 saturated heterocycles. The Morgan fingerprint density at radius 3 is 2.57 bits per heavy atom. The maximum Gasteiger partial charge on any atom is 0.263 e. The molecule has 0 atom stereocenters. The number of aromatic nitrogens is 4. The van der Waals surface area contributed by atoms with E-state index in [1.165, 1.54) is 15.9 Å². The van der Waals surface area contributed by atoms with Crippen LogP contribution in [0.1, 0.15) is 53.9 Å². The molecule has 1 aliphatic rings. The number of thiophene rings is 1. The predicted octanol–water partition coefficient (Wildman–Crippen LogP) is 3.28. The van der Waals surface area contributed by atoms with E-state index in [0.717, 1.165) is 46.2 Å². The minimum absolute atomic E-state index is 0.0874. The Morgan fingerprint density at radius 1 is 1.17 bits per heavy atom. The Kier molecular flexibility index (Phi) is 5.99. The fraction of sp³-hybridized carbons (Fsp3) is 0.550. The molecule has 3 aromatic rings. The summed E-state index contributed by atoms with van der Waals surface area (Å²) >= 11 is 2.90. The first kappa shape index (κ1) is 21.1. The van der Waals surface area contributed by atoms with E-state index in [4.69, 9.17) is 4.98 Å². The van der Waals surface area contributed by atoms with Crippen molar-refractivity contribution >= 4 is 43.9 Å². The standard InChI is InChI=1S/C20H26N6O2S2/c1-11(2)17-23-24-20(30-17)22-15(27)10-26-14(9-25-7-5-6-8-25)21-18-16(19(26)28)12(3)13(4)29-18/h11H,5-10H2,1-4H3,(H,22,24,27). The molecule has 1 N–H and O–H groups in total. The minimum Gasteiger partial charge on any atom is -0.299 e. The van der Waals surface area contributed by atoms with Gasteiger partial charge in [-0.15, -0.1) is 21.5 Å². The first-order valence-corrected chi connectivity index (χ1v) is 11.8. The normalized spacial score (nSPS) is 14.8. The molecule has 0 unspecified atom stereocenters. The number of nitrogens with one attached hydrogen (secondary N) is 1. The average molecular weight is 447 g/mol. The van der Waals surface area contributed by atoms with Gasteiger partial charge in [0, 0.05) is 10.8 Å². The lowest BCUT2D eigenvalue weighted by Crippen LogP contribution is -2.33. The van der Waals surface area contributed by atoms with Crippen LogP contribution in [-0.4, -0.2) is 43.6 Å². The minimum atomic E-state index is -0.294. The van der Waals surface area contributed by atoms with E-state index >= 15 is 0 Å². The van der Waals surface area contributed by atoms with Crippen LogP contribution in [0.15, 0.2) is 4.79 Å². The molecule has 3 aromatic heterocycles. The van der Waals surface area contributed by atoms with Crippen LogP contribution < -0.4 is 10.9 Å². The number of aryl methyl sites for hydroxylation is 2. The molecule has 30 heavy (non-hydrogen) atoms. The molecule has 1 fully saturated rings. The van der Waals surface area contributed by atoms with Gasteiger partial charge in [-0.05, 0) is 45.3 Å². The molecule has 0 aromatic carbocycles. The van der Waals surface area contributed by atoms with Gasteiger partial charge in [0.25, 0.3) is 5.56 Å². The number of amides is 1. The third-order valence-electron chi connectivity index (χ3n) is 5.41. The first-order valence-electron chi connectivity index (χ1n) is 10.2. The first-order chi connectivity index (χ1) is 14.3. The van der Waals surface area contributed by atoms with Gasteiger partial charge >= 0.3 is 0 Å². The zero-order valence-corrected chi connectivity index (χ0v) is 19.3. The van der Waals surface area contributed by atoms with Crippen LogP contribution >= 0.6 is 22.7 Å². The van der Waals surface area contributed by atoms with Gasteiger partial charge in [-0.2, -0.15) is 0 Å². The number of carbonyl (C=O) groups is 1. The molecule has 0 aliphatic carbocycles. The molecule has 1 amide bonds. The summed E-state index contributed by atoms with van der Waals surface area (Å²) in [6.45, 7) is 10.5. The topological polar surface area (TPSA) is 93.0 Å². The van der Waals surface area contributed by atoms with Gasteiger partial charge in [0.1, 0.15) is 22.2 Å². The maximum absolute atomic E-state index is 13.3. The van der Waals surface area contributed by atoms with Gasteiger partial charge < -0.3 is 0 Å². The van der Waals surface area contributed by atoms with Crippen LogP contribution in [0.25, 0.3) is 10.2 Å². The van der Waals surface area contributed by atoms with Crippen molar-refractivity contribution in [2.24, 2.45) is 0 Å². The molecule has 1 aliphatic heterocycles. The Bertz CT molecular complexity index is 1140. The lowest BCUT2D eigenvalue weighted by molar-refractivity contribution is -0.116. The molecule has 0 saturated carbocycles. The summed E-state index contributed by atoms with van der Waals surface area (Å²) in [5, 5.41) is 12.9. The highest BCUT2D eigenvalue weighted by Gasteiger charge is 2.21. The highest BCUT2D eigenvalue weighted by molar-refractivity contribution is 7.18. The van der Waals surface area contributed by atoms with Crippen molar-refractivity contribution < 1.29 is 4.79 Å². The number of nitrogens with zero attached hydrogens (tertiary/aromatic N) is 5. The summed E-state index contributed by atoms with van der Waals surface area (Å²) in [4.78, 5) is 35.0. The summed E-state index contributed by atoms with van der Waals surface area (Å²) in [6.07, 6.45) is 2.30. The second-order valence-corrected chi connectivity index (χ2v) is 10.2. The average Bonchev–Trinajstić information content (AvgIpc) is 3.41. The van der Waals surface area contributed by atoms with Crippen LogP contribution in [0.3, 0.4) is 0 Å². The monoisotopic (exact) mass is 446 g/mol. The van der Waals surface area contributed by atoms with Gasteiger partial charge in [0.05, 0.1) is 11.9 Å². The van der Waals surface area contributed by atoms with Gasteiger partial charge in [0.15, 0.2) is 0 Å². The number of hydrogen-bond donors (Lipinski definition) is 1. The quantitative estimate of drug-likeness (QED) is 0.625. The molecular weight excluding hydrogens is 420 g/mol. The van der Waals surface area contributed by atoms with E-state index in [2.05, 4.69) is 20.4 Å². The van der Waals surface area contributed by atoms with Crippen molar-refractivity contribution in [2.45, 2.75) is 59.5 Å². The zero-order chi connectivity index (χ0) is 21.4. The van der Waals surface area contributed by atoms with Gasteiger partial charge in [-0.1, -0.05) is 25.2 Å². The van der Waals surface area contributed by atoms with Crippen molar-refractivity contribution in [1.29, 1.82) is 0 Å². The maximum atomic E-state index is 13.3. The Balaban J connectivity index is 1.66. The van der Waals surface area contributed by atoms with Crippen molar-refractivity contribution in [3.8, 4) is 0 Å². The van der Waals surface area contributed by atoms with Crippen LogP contribution in [0.4, 0.5) is 5.13 Å². The number of likely N-dealkylation sites (tertiary alicyclic amines) is 1. The van der Waals surface area contributed by atoms with E-state index in [-0.39, 0.29) is 23.9 Å². The van der Waals surface area contributed by atoms with Gasteiger partial charge in [-0.3, -0.25) is 24.4 Å². The molecule has 160 valence electrons. The van der Waals surface area contributed by atoms with Gasteiger partial charge in [0.2, 0.25) is 11.0 Å². The molecule has 0 bridgehead atoms. The van der Waals surface area contributed by atoms with Crippen LogP contribution in [0.2, 0.25) is 0 Å². The third kappa shape index (κ3) is 4.17. The molecule has 0 radical (unpaired) electrons. The summed E-state index contributed by atoms with van der Waals surface area (Å²) < 4.78 is 1.53. The van der Waals surface area contributed by atoms with E-state index in [9.17, 15) is 9.59 Å². The second-order valence-electron chi connectivity index (χ2n) is 8.01. The number of carbonyl (C=O) groups excluding carboxylic acids is 1. The fourth-order valence-electron chi connectivity index (χ4n) is 3.61. The lowest BCUT2D eigenvalue weighted by Gasteiger charge is -2.18. The SMILES string of the molecule is Cc1sc2nc(CN3CCCC3)n(CC(=O)Nc3nnc(C(C)C)s3)c(=O)c2c1C. The number of hydrogen-bond acceptors (Lipinski definition) is 8. The Labute approximate surface area is 183 Å². The van der Waals surface area contributed by atoms with Crippen molar-refractivity contribution in [1.82, 2.24) is 24.6 Å². The van der Waals surface area contributed by atoms with E-state index < -0.39 is 0 Å². The molecule has 8 nitrogen and oxygen atoms in total. The largest absolute Gasteiger partial charge is 0.299 e. The van der Waals surface area contributed by atoms with E-state index in [1.807, 2.05) is 27.7 Å². The van der Waals surface area contributed by atoms with E-state index in [0.29, 0.717) is 22.9 Å². The third-order valence-corrected chi connectivity index (χ3v) is 7.65. The van der Waals surface area contributed by atoms with Crippen LogP contribution in [-0.2, 0) is 17.9 Å². The van der Waals surface area contributed by atoms with E-state index in [1.54, 1.807) is 11.3 Å². The summed E-state index contributed by atoms with van der Waals surface area (Å²) in [5.41, 5.74) is 0.798. The molecule has 0 spiro atoms. The summed E-state index contributed by atoms with van der Waals surface area (Å²) in [5.74, 6) is 0.599. The lowest BCUT2D eigenvalue weighted by atomic mass is 10.2. The number of rotatable bonds is 6. The fourth-order valence-corrected chi connectivity index (χ4v) is 5.42. The summed E-state index contributed by atoms with van der Waals surface area (Å²) in [7, 11) is 0. The van der Waals surface area contributed by atoms with Crippen LogP contribution in [0.5, 0.6) is 0 Å². The molecular formula is C20H26N6O2S2. The van der Waals surface area contributed by atoms with Crippen molar-refractivity contribution in [3.05, 3.63) is 31.6 Å². The number of anilines is 1. The van der Waals surface area contributed by atoms with Crippen molar-refractivity contribution in [3.63, 3.8) is 0 Å². The summed E-state index contributed by atoms with van der Waals surface area (Å²) in [6, 6.07) is 0. The predicted molar refractivity (Wildman–Crippen MR) is 120 cm³/mol. The van der Waals surface area contributed by atoms with Crippen molar-refractivity contribution in [2.75, 3.05) is 18.4 Å². The molecule has 4 rings (SSSR count). The second kappa shape index (κ2) is 8.52. The number of fused-ring (bicyclic) bond motifs is 1. The highest BCUT2D eigenvalue weighted by Crippen LogP contribution is 2.27. The highest BCUT2D eigenvalue weighted by atomic mass is 32.1. The molecule has 4 heterocycles. The Morgan fingerprint density at radius 2 is 1.90 bits per heavy atom.